The highest BCUT2D eigenvalue weighted by Crippen LogP contribution is 2.42. The molecular weight excluding hydrogens is 285 g/mol. The first kappa shape index (κ1) is 14.2. The van der Waals surface area contributed by atoms with Gasteiger partial charge in [-0.1, -0.05) is 0 Å². The van der Waals surface area contributed by atoms with Crippen LogP contribution in [0.3, 0.4) is 0 Å². The van der Waals surface area contributed by atoms with Crippen molar-refractivity contribution in [1.29, 1.82) is 0 Å². The van der Waals surface area contributed by atoms with Crippen LogP contribution in [0.1, 0.15) is 47.8 Å². The molecule has 2 aliphatic rings. The van der Waals surface area contributed by atoms with E-state index in [2.05, 4.69) is 10.2 Å². The third-order valence-corrected chi connectivity index (χ3v) is 4.19. The van der Waals surface area contributed by atoms with E-state index >= 15 is 0 Å². The van der Waals surface area contributed by atoms with Crippen LogP contribution < -0.4 is 5.73 Å². The molecule has 1 unspecified atom stereocenters. The highest BCUT2D eigenvalue weighted by atomic mass is 19.4. The standard InChI is InChI=1S/C13H17F3N4O/c14-13(15,16)8-2-1-5-20(6-8)12(21)11-9(17)10(18-19-11)7-3-4-7/h7-8H,1-6,17H2,(H,18,19). The van der Waals surface area contributed by atoms with Crippen LogP contribution in [0.5, 0.6) is 0 Å². The minimum Gasteiger partial charge on any atom is -0.395 e. The second-order valence-corrected chi connectivity index (χ2v) is 5.81. The minimum atomic E-state index is -4.27. The number of aromatic amines is 1. The Morgan fingerprint density at radius 2 is 2.05 bits per heavy atom. The van der Waals surface area contributed by atoms with Crippen molar-refractivity contribution in [2.75, 3.05) is 18.8 Å². The molecule has 2 fully saturated rings. The van der Waals surface area contributed by atoms with Gasteiger partial charge in [-0.2, -0.15) is 18.3 Å². The SMILES string of the molecule is Nc1c(C(=O)N2CCCC(C(F)(F)F)C2)n[nH]c1C1CC1. The maximum absolute atomic E-state index is 12.8. The van der Waals surface area contributed by atoms with E-state index in [9.17, 15) is 18.0 Å². The monoisotopic (exact) mass is 302 g/mol. The highest BCUT2D eigenvalue weighted by molar-refractivity contribution is 5.97. The van der Waals surface area contributed by atoms with Gasteiger partial charge in [0.05, 0.1) is 17.3 Å². The zero-order valence-electron chi connectivity index (χ0n) is 11.4. The fourth-order valence-corrected chi connectivity index (χ4v) is 2.79. The van der Waals surface area contributed by atoms with Gasteiger partial charge in [0.15, 0.2) is 5.69 Å². The van der Waals surface area contributed by atoms with E-state index in [0.29, 0.717) is 18.9 Å². The number of carbonyl (C=O) groups is 1. The summed E-state index contributed by atoms with van der Waals surface area (Å²) < 4.78 is 38.4. The Kier molecular flexibility index (Phi) is 3.33. The summed E-state index contributed by atoms with van der Waals surface area (Å²) in [5.74, 6) is -1.66. The Bertz CT molecular complexity index is 550. The Hall–Kier alpha value is -1.73. The molecule has 2 heterocycles. The number of nitrogens with one attached hydrogen (secondary N) is 1. The lowest BCUT2D eigenvalue weighted by Gasteiger charge is -2.33. The molecule has 0 spiro atoms. The first-order valence-electron chi connectivity index (χ1n) is 7.07. The van der Waals surface area contributed by atoms with Crippen LogP contribution in [-0.4, -0.2) is 40.3 Å². The molecule has 0 bridgehead atoms. The molecule has 1 aromatic heterocycles. The average Bonchev–Trinajstić information content (AvgIpc) is 3.21. The van der Waals surface area contributed by atoms with Gasteiger partial charge in [-0.3, -0.25) is 9.89 Å². The van der Waals surface area contributed by atoms with E-state index < -0.39 is 18.0 Å². The van der Waals surface area contributed by atoms with Crippen LogP contribution in [0.25, 0.3) is 0 Å². The molecule has 1 aromatic rings. The van der Waals surface area contributed by atoms with E-state index in [1.807, 2.05) is 0 Å². The van der Waals surface area contributed by atoms with Crippen LogP contribution >= 0.6 is 0 Å². The molecule has 8 heteroatoms. The Balaban J connectivity index is 1.75. The third-order valence-electron chi connectivity index (χ3n) is 4.19. The number of alkyl halides is 3. The molecule has 1 aliphatic carbocycles. The largest absolute Gasteiger partial charge is 0.395 e. The summed E-state index contributed by atoms with van der Waals surface area (Å²) in [6, 6.07) is 0. The number of aromatic nitrogens is 2. The number of anilines is 1. The molecule has 0 radical (unpaired) electrons. The molecule has 1 atom stereocenters. The number of likely N-dealkylation sites (tertiary alicyclic amines) is 1. The van der Waals surface area contributed by atoms with Gasteiger partial charge < -0.3 is 10.6 Å². The molecule has 1 aliphatic heterocycles. The van der Waals surface area contributed by atoms with E-state index in [1.54, 1.807) is 0 Å². The van der Waals surface area contributed by atoms with Crippen molar-refractivity contribution in [3.8, 4) is 0 Å². The Morgan fingerprint density at radius 3 is 2.67 bits per heavy atom. The maximum atomic E-state index is 12.8. The quantitative estimate of drug-likeness (QED) is 0.880. The normalized spacial score (nSPS) is 23.4. The van der Waals surface area contributed by atoms with Crippen LogP contribution in [0.15, 0.2) is 0 Å². The first-order chi connectivity index (χ1) is 9.88. The van der Waals surface area contributed by atoms with Gasteiger partial charge in [-0.25, -0.2) is 0 Å². The molecule has 116 valence electrons. The van der Waals surface area contributed by atoms with E-state index in [1.165, 1.54) is 4.90 Å². The molecule has 1 saturated carbocycles. The molecule has 21 heavy (non-hydrogen) atoms. The summed E-state index contributed by atoms with van der Waals surface area (Å²) >= 11 is 0. The molecule has 3 N–H and O–H groups in total. The van der Waals surface area contributed by atoms with E-state index in [-0.39, 0.29) is 24.3 Å². The predicted molar refractivity (Wildman–Crippen MR) is 69.7 cm³/mol. The second kappa shape index (κ2) is 4.92. The van der Waals surface area contributed by atoms with Gasteiger partial charge in [0.1, 0.15) is 0 Å². The number of carbonyl (C=O) groups excluding carboxylic acids is 1. The Labute approximate surface area is 119 Å². The van der Waals surface area contributed by atoms with E-state index in [4.69, 9.17) is 5.73 Å². The van der Waals surface area contributed by atoms with E-state index in [0.717, 1.165) is 18.5 Å². The molecule has 1 amide bonds. The number of nitrogen functional groups attached to an aromatic ring is 1. The lowest BCUT2D eigenvalue weighted by atomic mass is 9.97. The molecule has 3 rings (SSSR count). The van der Waals surface area contributed by atoms with Crippen molar-refractivity contribution in [1.82, 2.24) is 15.1 Å². The fraction of sp³-hybridized carbons (Fsp3) is 0.692. The summed E-state index contributed by atoms with van der Waals surface area (Å²) in [5, 5.41) is 6.67. The van der Waals surface area contributed by atoms with Gasteiger partial charge in [0.25, 0.3) is 5.91 Å². The number of H-pyrrole nitrogens is 1. The zero-order valence-corrected chi connectivity index (χ0v) is 11.4. The number of hydrogen-bond acceptors (Lipinski definition) is 3. The van der Waals surface area contributed by atoms with Crippen LogP contribution in [0, 0.1) is 5.92 Å². The summed E-state index contributed by atoms with van der Waals surface area (Å²) in [7, 11) is 0. The number of halogens is 3. The summed E-state index contributed by atoms with van der Waals surface area (Å²) in [6.07, 6.45) is -1.86. The number of piperidine rings is 1. The highest BCUT2D eigenvalue weighted by Gasteiger charge is 2.43. The lowest BCUT2D eigenvalue weighted by Crippen LogP contribution is -2.44. The second-order valence-electron chi connectivity index (χ2n) is 5.81. The van der Waals surface area contributed by atoms with Gasteiger partial charge >= 0.3 is 6.18 Å². The van der Waals surface area contributed by atoms with Crippen LogP contribution in [0.4, 0.5) is 18.9 Å². The lowest BCUT2D eigenvalue weighted by molar-refractivity contribution is -0.184. The number of hydrogen-bond donors (Lipinski definition) is 2. The van der Waals surface area contributed by atoms with Gasteiger partial charge in [-0.05, 0) is 25.7 Å². The van der Waals surface area contributed by atoms with Crippen molar-refractivity contribution in [3.63, 3.8) is 0 Å². The fourth-order valence-electron chi connectivity index (χ4n) is 2.79. The van der Waals surface area contributed by atoms with Gasteiger partial charge in [0.2, 0.25) is 0 Å². The minimum absolute atomic E-state index is 0.0553. The third kappa shape index (κ3) is 2.71. The molecule has 0 aromatic carbocycles. The zero-order chi connectivity index (χ0) is 15.2. The Morgan fingerprint density at radius 1 is 1.33 bits per heavy atom. The summed E-state index contributed by atoms with van der Waals surface area (Å²) in [5.41, 5.74) is 6.99. The first-order valence-corrected chi connectivity index (χ1v) is 7.07. The van der Waals surface area contributed by atoms with Crippen molar-refractivity contribution >= 4 is 11.6 Å². The number of rotatable bonds is 2. The van der Waals surface area contributed by atoms with Crippen molar-refractivity contribution in [2.24, 2.45) is 5.92 Å². The smallest absolute Gasteiger partial charge is 0.393 e. The number of nitrogens with two attached hydrogens (primary N) is 1. The number of nitrogens with zero attached hydrogens (tertiary/aromatic N) is 2. The average molecular weight is 302 g/mol. The maximum Gasteiger partial charge on any atom is 0.393 e. The van der Waals surface area contributed by atoms with Gasteiger partial charge in [0, 0.05) is 19.0 Å². The summed E-state index contributed by atoms with van der Waals surface area (Å²) in [6.45, 7) is 0.00384. The predicted octanol–water partition coefficient (Wildman–Crippen LogP) is 2.28. The van der Waals surface area contributed by atoms with Crippen LogP contribution in [0.2, 0.25) is 0 Å². The molecule has 5 nitrogen and oxygen atoms in total. The number of amides is 1. The van der Waals surface area contributed by atoms with Crippen molar-refractivity contribution < 1.29 is 18.0 Å². The van der Waals surface area contributed by atoms with Crippen molar-refractivity contribution in [3.05, 3.63) is 11.4 Å². The molecular formula is C13H17F3N4O. The molecule has 1 saturated heterocycles. The topological polar surface area (TPSA) is 75.0 Å². The van der Waals surface area contributed by atoms with Crippen molar-refractivity contribution in [2.45, 2.75) is 37.8 Å². The summed E-state index contributed by atoms with van der Waals surface area (Å²) in [4.78, 5) is 13.6. The van der Waals surface area contributed by atoms with Gasteiger partial charge in [-0.15, -0.1) is 0 Å². The van der Waals surface area contributed by atoms with Crippen LogP contribution in [-0.2, 0) is 0 Å².